The molecule has 132 heavy (non-hydrogen) atoms. The summed E-state index contributed by atoms with van der Waals surface area (Å²) in [4.78, 5) is 78.8. The van der Waals surface area contributed by atoms with E-state index in [1.54, 1.807) is 0 Å². The van der Waals surface area contributed by atoms with Gasteiger partial charge in [-0.1, -0.05) is 83.1 Å². The molecule has 8 fully saturated rings. The van der Waals surface area contributed by atoms with Crippen LogP contribution in [0.25, 0.3) is 91.4 Å². The van der Waals surface area contributed by atoms with Crippen molar-refractivity contribution in [2.24, 2.45) is 67.0 Å². The first-order valence-electron chi connectivity index (χ1n) is 42.9. The maximum atomic E-state index is 14.8. The van der Waals surface area contributed by atoms with Gasteiger partial charge in [-0.2, -0.15) is 18.3 Å². The molecule has 0 aromatic carbocycles. The van der Waals surface area contributed by atoms with Crippen molar-refractivity contribution in [3.63, 3.8) is 0 Å². The molecule has 6 N–H and O–H groups in total. The van der Waals surface area contributed by atoms with Crippen LogP contribution in [0.2, 0.25) is 0 Å². The fourth-order valence-corrected chi connectivity index (χ4v) is 22.9. The van der Waals surface area contributed by atoms with Crippen LogP contribution in [0.1, 0.15) is 183 Å². The number of carbonyl (C=O) groups is 4. The van der Waals surface area contributed by atoms with Gasteiger partial charge in [-0.3, -0.25) is 19.2 Å². The van der Waals surface area contributed by atoms with Crippen molar-refractivity contribution in [2.45, 2.75) is 210 Å². The van der Waals surface area contributed by atoms with E-state index in [0.29, 0.717) is 46.4 Å². The number of fused-ring (bicyclic) bond motifs is 16. The van der Waals surface area contributed by atoms with Crippen LogP contribution in [0.5, 0.6) is 0 Å². The van der Waals surface area contributed by atoms with Gasteiger partial charge in [-0.25, -0.2) is 9.97 Å². The van der Waals surface area contributed by atoms with Gasteiger partial charge in [0.25, 0.3) is 23.6 Å². The van der Waals surface area contributed by atoms with Crippen LogP contribution in [-0.4, -0.2) is 67.7 Å². The maximum absolute atomic E-state index is 14.8. The van der Waals surface area contributed by atoms with E-state index in [1.807, 2.05) is 77.9 Å². The molecule has 7 aromatic rings. The van der Waals surface area contributed by atoms with E-state index in [1.165, 1.54) is 25.7 Å². The number of aromatic amines is 2. The number of hydrogen-bond donors (Lipinski definition) is 6. The molecule has 44 heteroatoms. The van der Waals surface area contributed by atoms with Crippen LogP contribution >= 0.6 is 31.2 Å². The van der Waals surface area contributed by atoms with Crippen LogP contribution in [0.3, 0.4) is 0 Å². The fourth-order valence-electron chi connectivity index (χ4n) is 22.9. The van der Waals surface area contributed by atoms with Crippen molar-refractivity contribution >= 4 is 101 Å². The number of aromatic nitrogens is 8. The number of rotatable bonds is 16. The molecule has 730 valence electrons. The van der Waals surface area contributed by atoms with Gasteiger partial charge in [0.1, 0.15) is 0 Å². The number of halogens is 24. The zero-order valence-electron chi connectivity index (χ0n) is 74.0. The Kier molecular flexibility index (Phi) is 23.1. The van der Waals surface area contributed by atoms with Gasteiger partial charge in [0.15, 0.2) is 24.8 Å². The summed E-state index contributed by atoms with van der Waals surface area (Å²) in [6.45, 7) is 28.9. The number of hydrogen-bond acceptors (Lipinski definition) is 6. The normalized spacial score (nSPS) is 28.5. The summed E-state index contributed by atoms with van der Waals surface area (Å²) >= 11 is 0. The molecule has 7 aromatic heterocycles. The Balaban J connectivity index is 0.000000461. The summed E-state index contributed by atoms with van der Waals surface area (Å²) in [5, 5.41) is 14.3. The summed E-state index contributed by atoms with van der Waals surface area (Å²) in [5.41, 5.74) is 12.4. The van der Waals surface area contributed by atoms with E-state index < -0.39 is 31.2 Å². The third kappa shape index (κ3) is 23.1. The Morgan fingerprint density at radius 1 is 0.303 bits per heavy atom. The molecule has 16 nitrogen and oxygen atoms in total. The molecule has 8 aliphatic carbocycles. The summed E-state index contributed by atoms with van der Waals surface area (Å²) in [6, 6.07) is 33.1. The molecule has 8 saturated carbocycles. The van der Waals surface area contributed by atoms with E-state index >= 15 is 0 Å². The Hall–Kier alpha value is -8.88. The van der Waals surface area contributed by atoms with E-state index in [-0.39, 0.29) is 117 Å². The molecule has 4 amide bonds. The number of pyridine rings is 4. The first-order chi connectivity index (χ1) is 59.4. The molecule has 0 saturated heterocycles. The first kappa shape index (κ1) is 101. The Bertz CT molecular complexity index is 5730. The van der Waals surface area contributed by atoms with Crippen LogP contribution in [-0.2, 0) is 45.4 Å². The predicted octanol–water partition coefficient (Wildman–Crippen LogP) is 27.3. The van der Waals surface area contributed by atoms with Gasteiger partial charge in [-0.05, 0) is 217 Å². The van der Waals surface area contributed by atoms with Gasteiger partial charge in [0, 0.05) is 72.7 Å². The average molecular weight is 1980 g/mol. The topological polar surface area (TPSA) is 189 Å². The molecule has 17 rings (SSSR count). The van der Waals surface area contributed by atoms with Gasteiger partial charge < -0.3 is 31.2 Å². The van der Waals surface area contributed by atoms with Crippen molar-refractivity contribution in [1.29, 1.82) is 0 Å². The second-order valence-electron chi connectivity index (χ2n) is 40.1. The van der Waals surface area contributed by atoms with Crippen molar-refractivity contribution in [3.8, 4) is 45.0 Å². The Morgan fingerprint density at radius 2 is 0.492 bits per heavy atom. The summed E-state index contributed by atoms with van der Waals surface area (Å²) in [5.74, 6) is 2.09. The number of H-pyrrole nitrogens is 2. The second-order valence-corrected chi connectivity index (χ2v) is 47.8. The van der Waals surface area contributed by atoms with Gasteiger partial charge in [-0.15, -0.1) is 0 Å². The number of nitrogens with one attached hydrogen (secondary N) is 6. The number of nitrogens with zero attached hydrogens (tertiary/aromatic N) is 6. The van der Waals surface area contributed by atoms with Gasteiger partial charge in [0.2, 0.25) is 49.0 Å². The molecule has 16 bridgehead atoms. The molecule has 0 unspecified atom stereocenters. The zero-order valence-corrected chi connectivity index (χ0v) is 77.5. The van der Waals surface area contributed by atoms with Crippen molar-refractivity contribution in [1.82, 2.24) is 41.2 Å². The quantitative estimate of drug-likeness (QED) is 0.0317. The van der Waals surface area contributed by atoms with Gasteiger partial charge in [0.05, 0.1) is 67.1 Å². The zero-order chi connectivity index (χ0) is 98.0. The SMILES string of the molecule is CC1(C)[C@H]2CC[C@]1(C)[C@H](NC(=O)C[n+]1ccccc1-c1c3nc(c(-c4cccc[n+]4CC(=O)N[C@@H]4C[C@@H]5CC[C@@]4(C)C5(C)C)c4ccc([nH]4)c(-c4cccc[n+]4CC(=O)N[C@@H]4C[C@@H]5CC[C@@]4(C)C5(C)C)c4ccc([nH]4)c(-c4cccc[n+]4CC(=O)N[C@@H]4C[C@@H]5CC[C@@]4(C)C5(C)C)c4nc1C=C4)C=C3)C2.F[P-](F)(F)(F)(F)F.F[P-](F)(F)(F)(F)F.F[P-](F)(F)(F)(F)F.F[P-](F)(F)(F)(F)F. The van der Waals surface area contributed by atoms with E-state index in [4.69, 9.17) is 9.97 Å². The minimum atomic E-state index is -10.7. The molecular weight excluding hydrogens is 1870 g/mol. The van der Waals surface area contributed by atoms with Crippen LogP contribution in [0.15, 0.2) is 122 Å². The fraction of sp³-hybridized carbons (Fsp3) is 0.500. The Morgan fingerprint density at radius 3 is 0.689 bits per heavy atom. The molecule has 0 radical (unpaired) electrons. The third-order valence-electron chi connectivity index (χ3n) is 31.3. The van der Waals surface area contributed by atoms with Crippen molar-refractivity contribution < 1.29 is 138 Å². The summed E-state index contributed by atoms with van der Waals surface area (Å²) in [7, 11) is -42.6. The van der Waals surface area contributed by atoms with E-state index in [0.717, 1.165) is 118 Å². The van der Waals surface area contributed by atoms with Crippen molar-refractivity contribution in [3.05, 3.63) is 145 Å². The van der Waals surface area contributed by atoms with E-state index in [2.05, 4.69) is 201 Å². The van der Waals surface area contributed by atoms with Crippen LogP contribution < -0.4 is 39.5 Å². The molecule has 10 aliphatic rings. The Labute approximate surface area is 744 Å². The molecular formula is C88H106F24N12O4P4. The van der Waals surface area contributed by atoms with Crippen LogP contribution in [0.4, 0.5) is 101 Å². The summed E-state index contributed by atoms with van der Waals surface area (Å²) in [6.07, 6.45) is 29.3. The number of carbonyl (C=O) groups excluding carboxylic acids is 4. The van der Waals surface area contributed by atoms with Crippen LogP contribution in [0, 0.1) is 67.0 Å². The molecule has 0 spiro atoms. The molecule has 9 heterocycles. The molecule has 12 atom stereocenters. The standard InChI is InChI=1S/C88H102N12O4.4F6P/c1-81(2)53-33-37-85(81,9)69(45-53)93-73(101)49-97-41-17-13-21-65(97)77-57-25-27-59(89-57)78(66-22-14-18-42-98(66)50-74(102)94-70-46-54-34-38-86(70,10)82(54,3)4)61-29-31-63(91-61)80(68-24-16-20-44-100(68)52-76(104)96-72-48-56-36-40-88(72,12)84(56,7)8)64-32-30-62(92-64)79(60-28-26-58(77)90-60)67-23-15-19-43-99(67)51-75(103)95-71-47-55-35-39-87(71,11)83(55,5)6;4*1-7(2,3,4,5)6/h13-32,41-44,53-56,69-72H,33-40,45-52H2,1-12H3,(H2-3,89,90,91,92,93,94,95,96,101,102,103,104);;;;/q;4*-1/p+4/t53-,54-,55-,56-,69+,70+,71+,72+,85+,86+,87+,88+;;;;/m0..../s1. The monoisotopic (exact) mass is 1970 g/mol. The van der Waals surface area contributed by atoms with Crippen molar-refractivity contribution in [2.75, 3.05) is 0 Å². The third-order valence-corrected chi connectivity index (χ3v) is 31.3. The van der Waals surface area contributed by atoms with E-state index in [9.17, 15) is 120 Å². The minimum absolute atomic E-state index is 0.00253. The second kappa shape index (κ2) is 30.3. The molecule has 2 aliphatic heterocycles. The summed E-state index contributed by atoms with van der Waals surface area (Å²) < 4.78 is 245. The van der Waals surface area contributed by atoms with Gasteiger partial charge >= 0.3 is 132 Å². The average Bonchev–Trinajstić information content (AvgIpc) is 1.57. The number of amides is 4. The first-order valence-corrected chi connectivity index (χ1v) is 51.1. The predicted molar refractivity (Wildman–Crippen MR) is 460 cm³/mol.